The van der Waals surface area contributed by atoms with Gasteiger partial charge in [-0.25, -0.2) is 0 Å². The van der Waals surface area contributed by atoms with Gasteiger partial charge in [-0.1, -0.05) is 114 Å². The van der Waals surface area contributed by atoms with E-state index < -0.39 is 5.54 Å². The summed E-state index contributed by atoms with van der Waals surface area (Å²) in [7, 11) is 0. The fourth-order valence-electron chi connectivity index (χ4n) is 10.6. The van der Waals surface area contributed by atoms with Gasteiger partial charge < -0.3 is 18.6 Å². The minimum absolute atomic E-state index is 0.111. The second-order valence-corrected chi connectivity index (χ2v) is 17.2. The number of hydrogen-bond donors (Lipinski definition) is 0. The van der Waals surface area contributed by atoms with Crippen LogP contribution in [-0.2, 0) is 5.54 Å². The Morgan fingerprint density at radius 2 is 1.03 bits per heavy atom. The van der Waals surface area contributed by atoms with Crippen LogP contribution in [-0.4, -0.2) is 0 Å². The average Bonchev–Trinajstić information content (AvgIpc) is 3.84. The van der Waals surface area contributed by atoms with Gasteiger partial charge in [0.1, 0.15) is 22.3 Å². The third-order valence-corrected chi connectivity index (χ3v) is 13.4. The molecule has 2 aromatic heterocycles. The van der Waals surface area contributed by atoms with E-state index in [-0.39, 0.29) is 11.8 Å². The Bertz CT molecular complexity index is 3340. The first-order valence-electron chi connectivity index (χ1n) is 21.4. The highest BCUT2D eigenvalue weighted by Gasteiger charge is 2.46. The Hall–Kier alpha value is -7.30. The molecule has 3 atom stereocenters. The van der Waals surface area contributed by atoms with Gasteiger partial charge in [0.25, 0.3) is 0 Å². The minimum Gasteiger partial charge on any atom is -0.456 e. The molecule has 0 saturated heterocycles. The maximum absolute atomic E-state index is 6.38. The highest BCUT2D eigenvalue weighted by atomic mass is 16.3. The van der Waals surface area contributed by atoms with Gasteiger partial charge >= 0.3 is 0 Å². The van der Waals surface area contributed by atoms with Crippen LogP contribution >= 0.6 is 0 Å². The smallest absolute Gasteiger partial charge is 0.135 e. The monoisotopic (exact) mass is 788 g/mol. The number of benzene rings is 7. The quantitative estimate of drug-likeness (QED) is 0.168. The highest BCUT2D eigenvalue weighted by molar-refractivity contribution is 6.08. The summed E-state index contributed by atoms with van der Waals surface area (Å²) in [5, 5.41) is 4.55. The van der Waals surface area contributed by atoms with Crippen molar-refractivity contribution < 1.29 is 8.83 Å². The number of allylic oxidation sites excluding steroid dienone is 6. The number of fused-ring (bicyclic) bond motifs is 10. The Morgan fingerprint density at radius 3 is 1.69 bits per heavy atom. The Balaban J connectivity index is 1.06. The van der Waals surface area contributed by atoms with Gasteiger partial charge in [0, 0.05) is 61.8 Å². The molecule has 3 aliphatic carbocycles. The van der Waals surface area contributed by atoms with Crippen LogP contribution in [0, 0.1) is 25.7 Å². The van der Waals surface area contributed by atoms with Crippen molar-refractivity contribution in [1.82, 2.24) is 0 Å². The van der Waals surface area contributed by atoms with E-state index in [1.54, 1.807) is 0 Å². The van der Waals surface area contributed by atoms with Crippen LogP contribution in [0.3, 0.4) is 0 Å². The Morgan fingerprint density at radius 1 is 0.508 bits per heavy atom. The molecule has 0 amide bonds. The van der Waals surface area contributed by atoms with Crippen molar-refractivity contribution in [1.29, 1.82) is 0 Å². The molecule has 9 aromatic rings. The van der Waals surface area contributed by atoms with Crippen LogP contribution in [0.1, 0.15) is 35.6 Å². The lowest BCUT2D eigenvalue weighted by molar-refractivity contribution is 0.432. The number of furan rings is 2. The molecule has 294 valence electrons. The molecule has 0 saturated carbocycles. The molecular weight excluding hydrogens is 745 g/mol. The molecule has 0 fully saturated rings. The zero-order chi connectivity index (χ0) is 40.8. The maximum atomic E-state index is 6.38. The second-order valence-electron chi connectivity index (χ2n) is 17.2. The average molecular weight is 789 g/mol. The number of para-hydroxylation sites is 2. The summed E-state index contributed by atoms with van der Waals surface area (Å²) in [6.07, 6.45) is 12.7. The number of hydrogen-bond acceptors (Lipinski definition) is 4. The molecule has 0 aliphatic heterocycles. The zero-order valence-electron chi connectivity index (χ0n) is 34.5. The van der Waals surface area contributed by atoms with Crippen LogP contribution in [0.25, 0.3) is 49.5 Å². The molecule has 2 heterocycles. The zero-order valence-corrected chi connectivity index (χ0v) is 34.5. The lowest BCUT2D eigenvalue weighted by Crippen LogP contribution is -2.45. The standard InChI is InChI=1S/C57H44N2O2/c1-36-22-26-53-46(30-36)48-32-40(24-28-55(48)60-53)58(38-14-6-4-7-15-38)52-34-45-43-19-12-13-21-51(43)57(3,35-50(45)42-18-10-11-20-44(42)52)59(39-16-8-5-9-17-39)41-25-29-56-49(33-41)47-31-37(2)23-27-54(47)61-56/h4-34,42,44H,35H2,1-3H3. The SMILES string of the molecule is Cc1ccc2oc3ccc(N(C4=CC5=C(CC(C)(N(c6ccccc6)c6ccc7oc8ccc(C)cc8c7c6)c6ccccc65)C5C=CC=CC45)c4ccccc4)cc3c2c1. The van der Waals surface area contributed by atoms with E-state index in [1.165, 1.54) is 39.1 Å². The Labute approximate surface area is 355 Å². The predicted molar refractivity (Wildman–Crippen MR) is 253 cm³/mol. The molecular formula is C57H44N2O2. The summed E-state index contributed by atoms with van der Waals surface area (Å²) in [5.41, 5.74) is 16.8. The largest absolute Gasteiger partial charge is 0.456 e. The number of aryl methyl sites for hydroxylation is 2. The van der Waals surface area contributed by atoms with E-state index in [1.807, 2.05) is 0 Å². The third-order valence-electron chi connectivity index (χ3n) is 13.4. The van der Waals surface area contributed by atoms with Crippen LogP contribution in [0.5, 0.6) is 0 Å². The first-order chi connectivity index (χ1) is 29.9. The maximum Gasteiger partial charge on any atom is 0.135 e. The van der Waals surface area contributed by atoms with Crippen molar-refractivity contribution in [3.05, 3.63) is 222 Å². The van der Waals surface area contributed by atoms with Crippen LogP contribution in [0.2, 0.25) is 0 Å². The fraction of sp³-hybridized carbons (Fsp3) is 0.123. The minimum atomic E-state index is -0.435. The van der Waals surface area contributed by atoms with Gasteiger partial charge in [-0.15, -0.1) is 0 Å². The summed E-state index contributed by atoms with van der Waals surface area (Å²) in [5.74, 6) is 0.264. The van der Waals surface area contributed by atoms with Crippen molar-refractivity contribution in [2.45, 2.75) is 32.7 Å². The molecule has 0 radical (unpaired) electrons. The normalized spacial score (nSPS) is 19.3. The van der Waals surface area contributed by atoms with Crippen molar-refractivity contribution in [3.8, 4) is 0 Å². The van der Waals surface area contributed by atoms with E-state index in [0.29, 0.717) is 0 Å². The van der Waals surface area contributed by atoms with E-state index in [9.17, 15) is 0 Å². The van der Waals surface area contributed by atoms with E-state index in [0.717, 1.165) is 73.0 Å². The lowest BCUT2D eigenvalue weighted by atomic mass is 9.64. The number of anilines is 4. The third kappa shape index (κ3) is 5.59. The highest BCUT2D eigenvalue weighted by Crippen LogP contribution is 2.56. The number of nitrogens with zero attached hydrogens (tertiary/aromatic N) is 2. The van der Waals surface area contributed by atoms with Gasteiger partial charge in [0.2, 0.25) is 0 Å². The van der Waals surface area contributed by atoms with E-state index in [2.05, 4.69) is 219 Å². The topological polar surface area (TPSA) is 32.8 Å². The lowest BCUT2D eigenvalue weighted by Gasteiger charge is -2.50. The van der Waals surface area contributed by atoms with Crippen LogP contribution in [0.4, 0.5) is 22.7 Å². The van der Waals surface area contributed by atoms with E-state index >= 15 is 0 Å². The van der Waals surface area contributed by atoms with Gasteiger partial charge in [0.15, 0.2) is 0 Å². The van der Waals surface area contributed by atoms with Crippen molar-refractivity contribution >= 4 is 72.2 Å². The first-order valence-corrected chi connectivity index (χ1v) is 21.4. The summed E-state index contributed by atoms with van der Waals surface area (Å²) >= 11 is 0. The molecule has 3 unspecified atom stereocenters. The molecule has 61 heavy (non-hydrogen) atoms. The molecule has 7 aromatic carbocycles. The first kappa shape index (κ1) is 35.6. The fourth-order valence-corrected chi connectivity index (χ4v) is 10.6. The van der Waals surface area contributed by atoms with Crippen molar-refractivity contribution in [2.75, 3.05) is 9.80 Å². The molecule has 0 bridgehead atoms. The molecule has 0 N–H and O–H groups in total. The number of rotatable bonds is 6. The molecule has 3 aliphatic rings. The molecule has 4 heteroatoms. The van der Waals surface area contributed by atoms with E-state index in [4.69, 9.17) is 8.83 Å². The van der Waals surface area contributed by atoms with Gasteiger partial charge in [-0.2, -0.15) is 0 Å². The van der Waals surface area contributed by atoms with Gasteiger partial charge in [0.05, 0.1) is 5.54 Å². The second kappa shape index (κ2) is 13.6. The van der Waals surface area contributed by atoms with Gasteiger partial charge in [-0.3, -0.25) is 0 Å². The summed E-state index contributed by atoms with van der Waals surface area (Å²) in [6.45, 7) is 6.74. The van der Waals surface area contributed by atoms with Gasteiger partial charge in [-0.05, 0) is 135 Å². The summed E-state index contributed by atoms with van der Waals surface area (Å²) in [4.78, 5) is 5.07. The Kier molecular flexibility index (Phi) is 7.95. The molecule has 4 nitrogen and oxygen atoms in total. The van der Waals surface area contributed by atoms with Crippen LogP contribution < -0.4 is 9.80 Å². The van der Waals surface area contributed by atoms with Crippen molar-refractivity contribution in [3.63, 3.8) is 0 Å². The molecule has 0 spiro atoms. The summed E-state index contributed by atoms with van der Waals surface area (Å²) in [6, 6.07) is 57.2. The summed E-state index contributed by atoms with van der Waals surface area (Å²) < 4.78 is 12.7. The van der Waals surface area contributed by atoms with Crippen LogP contribution in [0.15, 0.2) is 208 Å². The molecule has 12 rings (SSSR count). The van der Waals surface area contributed by atoms with Crippen molar-refractivity contribution in [2.24, 2.45) is 11.8 Å². The predicted octanol–water partition coefficient (Wildman–Crippen LogP) is 15.4.